The van der Waals surface area contributed by atoms with Crippen molar-refractivity contribution in [2.24, 2.45) is 0 Å². The zero-order valence-corrected chi connectivity index (χ0v) is 15.6. The summed E-state index contributed by atoms with van der Waals surface area (Å²) in [6.45, 7) is 2.23. The van der Waals surface area contributed by atoms with Gasteiger partial charge in [-0.15, -0.1) is 0 Å². The fraction of sp³-hybridized carbons (Fsp3) is 0.300. The van der Waals surface area contributed by atoms with Crippen LogP contribution >= 0.6 is 11.6 Å². The summed E-state index contributed by atoms with van der Waals surface area (Å²) in [4.78, 5) is 26.4. The number of hydrogen-bond donors (Lipinski definition) is 2. The van der Waals surface area contributed by atoms with Gasteiger partial charge < -0.3 is 15.5 Å². The number of aryl methyl sites for hydroxylation is 1. The number of rotatable bonds is 4. The van der Waals surface area contributed by atoms with E-state index in [1.807, 2.05) is 23.1 Å². The highest BCUT2D eigenvalue weighted by atomic mass is 35.5. The van der Waals surface area contributed by atoms with Crippen LogP contribution in [0, 0.1) is 0 Å². The Morgan fingerprint density at radius 1 is 1.23 bits per heavy atom. The van der Waals surface area contributed by atoms with Gasteiger partial charge in [0.2, 0.25) is 5.91 Å². The summed E-state index contributed by atoms with van der Waals surface area (Å²) in [7, 11) is 1.56. The van der Waals surface area contributed by atoms with Crippen LogP contribution in [0.25, 0.3) is 0 Å². The van der Waals surface area contributed by atoms with Crippen molar-refractivity contribution in [2.75, 3.05) is 23.8 Å². The maximum absolute atomic E-state index is 12.8. The molecule has 2 aromatic carbocycles. The topological polar surface area (TPSA) is 61.4 Å². The van der Waals surface area contributed by atoms with E-state index in [4.69, 9.17) is 11.6 Å². The maximum atomic E-state index is 12.8. The Bertz CT molecular complexity index is 838. The molecule has 5 nitrogen and oxygen atoms in total. The van der Waals surface area contributed by atoms with Crippen LogP contribution in [0.15, 0.2) is 42.5 Å². The molecule has 2 aromatic rings. The molecule has 1 heterocycles. The van der Waals surface area contributed by atoms with Crippen molar-refractivity contribution >= 4 is 34.8 Å². The second kappa shape index (κ2) is 7.79. The molecule has 0 radical (unpaired) electrons. The number of para-hydroxylation sites is 1. The van der Waals surface area contributed by atoms with Gasteiger partial charge in [-0.1, -0.05) is 29.8 Å². The van der Waals surface area contributed by atoms with Gasteiger partial charge in [-0.3, -0.25) is 9.59 Å². The molecule has 0 aromatic heterocycles. The van der Waals surface area contributed by atoms with Crippen LogP contribution in [0.1, 0.15) is 29.3 Å². The van der Waals surface area contributed by atoms with Crippen molar-refractivity contribution in [2.45, 2.75) is 25.8 Å². The first-order valence-electron chi connectivity index (χ1n) is 8.66. The van der Waals surface area contributed by atoms with E-state index in [-0.39, 0.29) is 24.4 Å². The Kier molecular flexibility index (Phi) is 5.47. The molecular formula is C20H22ClN3O2. The number of nitrogens with zero attached hydrogens (tertiary/aromatic N) is 1. The number of nitrogens with one attached hydrogen (secondary N) is 2. The van der Waals surface area contributed by atoms with Crippen LogP contribution in [0.5, 0.6) is 0 Å². The predicted molar refractivity (Wildman–Crippen MR) is 105 cm³/mol. The summed E-state index contributed by atoms with van der Waals surface area (Å²) in [5.41, 5.74) is 3.31. The number of halogens is 1. The van der Waals surface area contributed by atoms with Gasteiger partial charge in [0.15, 0.2) is 0 Å². The maximum Gasteiger partial charge on any atom is 0.252 e. The third-order valence-corrected chi connectivity index (χ3v) is 4.99. The van der Waals surface area contributed by atoms with E-state index < -0.39 is 0 Å². The van der Waals surface area contributed by atoms with Crippen LogP contribution in [-0.4, -0.2) is 31.4 Å². The molecule has 1 atom stereocenters. The number of anilines is 2. The molecule has 0 saturated carbocycles. The Labute approximate surface area is 158 Å². The number of carbonyl (C=O) groups excluding carboxylic acids is 2. The van der Waals surface area contributed by atoms with Gasteiger partial charge in [0.1, 0.15) is 0 Å². The Morgan fingerprint density at radius 3 is 2.73 bits per heavy atom. The fourth-order valence-corrected chi connectivity index (χ4v) is 3.54. The molecule has 6 heteroatoms. The lowest BCUT2D eigenvalue weighted by Gasteiger charge is -2.35. The van der Waals surface area contributed by atoms with E-state index in [1.54, 1.807) is 25.2 Å². The summed E-state index contributed by atoms with van der Waals surface area (Å²) in [6, 6.07) is 13.3. The van der Waals surface area contributed by atoms with E-state index in [1.165, 1.54) is 5.56 Å². The molecular weight excluding hydrogens is 350 g/mol. The molecule has 2 amide bonds. The summed E-state index contributed by atoms with van der Waals surface area (Å²) < 4.78 is 0. The number of carbonyl (C=O) groups is 2. The molecule has 0 fully saturated rings. The van der Waals surface area contributed by atoms with Crippen molar-refractivity contribution in [1.82, 2.24) is 5.32 Å². The van der Waals surface area contributed by atoms with Crippen LogP contribution in [0.4, 0.5) is 11.4 Å². The van der Waals surface area contributed by atoms with Crippen molar-refractivity contribution in [1.29, 1.82) is 0 Å². The third-order valence-electron chi connectivity index (χ3n) is 4.68. The first kappa shape index (κ1) is 18.3. The van der Waals surface area contributed by atoms with Crippen LogP contribution < -0.4 is 15.5 Å². The van der Waals surface area contributed by atoms with Gasteiger partial charge in [0, 0.05) is 24.5 Å². The van der Waals surface area contributed by atoms with Gasteiger partial charge in [-0.05, 0) is 49.6 Å². The Hall–Kier alpha value is -2.53. The van der Waals surface area contributed by atoms with Crippen LogP contribution in [-0.2, 0) is 11.2 Å². The Morgan fingerprint density at radius 2 is 2.00 bits per heavy atom. The van der Waals surface area contributed by atoms with Gasteiger partial charge in [-0.25, -0.2) is 0 Å². The first-order valence-corrected chi connectivity index (χ1v) is 9.04. The molecule has 136 valence electrons. The molecule has 0 bridgehead atoms. The van der Waals surface area contributed by atoms with Gasteiger partial charge in [-0.2, -0.15) is 0 Å². The minimum Gasteiger partial charge on any atom is -0.376 e. The number of amides is 2. The Balaban J connectivity index is 1.71. The van der Waals surface area contributed by atoms with E-state index in [0.717, 1.165) is 18.5 Å². The van der Waals surface area contributed by atoms with Gasteiger partial charge in [0.05, 0.1) is 17.1 Å². The normalized spacial score (nSPS) is 16.0. The van der Waals surface area contributed by atoms with Crippen molar-refractivity contribution in [3.8, 4) is 0 Å². The molecule has 1 aliphatic rings. The van der Waals surface area contributed by atoms with E-state index in [9.17, 15) is 9.59 Å². The smallest absolute Gasteiger partial charge is 0.252 e. The zero-order chi connectivity index (χ0) is 18.7. The lowest BCUT2D eigenvalue weighted by Crippen LogP contribution is -2.44. The number of benzene rings is 2. The number of fused-ring (bicyclic) bond motifs is 1. The SMILES string of the molecule is CNC(=O)c1ccc(NCC(=O)N2c3ccccc3CC[C@H]2C)cc1Cl. The van der Waals surface area contributed by atoms with Gasteiger partial charge >= 0.3 is 0 Å². The second-order valence-corrected chi connectivity index (χ2v) is 6.81. The van der Waals surface area contributed by atoms with E-state index >= 15 is 0 Å². The molecule has 0 saturated heterocycles. The molecule has 26 heavy (non-hydrogen) atoms. The monoisotopic (exact) mass is 371 g/mol. The van der Waals surface area contributed by atoms with E-state index in [0.29, 0.717) is 16.3 Å². The fourth-order valence-electron chi connectivity index (χ4n) is 3.28. The molecule has 0 aliphatic carbocycles. The average molecular weight is 372 g/mol. The van der Waals surface area contributed by atoms with Crippen molar-refractivity contribution in [3.05, 3.63) is 58.6 Å². The van der Waals surface area contributed by atoms with Crippen LogP contribution in [0.2, 0.25) is 5.02 Å². The highest BCUT2D eigenvalue weighted by molar-refractivity contribution is 6.34. The quantitative estimate of drug-likeness (QED) is 0.865. The molecule has 0 spiro atoms. The van der Waals surface area contributed by atoms with E-state index in [2.05, 4.69) is 23.6 Å². The number of hydrogen-bond acceptors (Lipinski definition) is 3. The summed E-state index contributed by atoms with van der Waals surface area (Å²) in [6.07, 6.45) is 1.94. The average Bonchev–Trinajstić information content (AvgIpc) is 2.65. The highest BCUT2D eigenvalue weighted by Gasteiger charge is 2.27. The molecule has 3 rings (SSSR count). The minimum absolute atomic E-state index is 0.0103. The summed E-state index contributed by atoms with van der Waals surface area (Å²) in [5.74, 6) is -0.229. The highest BCUT2D eigenvalue weighted by Crippen LogP contribution is 2.30. The summed E-state index contributed by atoms with van der Waals surface area (Å²) >= 11 is 6.16. The summed E-state index contributed by atoms with van der Waals surface area (Å²) in [5, 5.41) is 6.00. The third kappa shape index (κ3) is 3.68. The lowest BCUT2D eigenvalue weighted by molar-refractivity contribution is -0.117. The second-order valence-electron chi connectivity index (χ2n) is 6.41. The first-order chi connectivity index (χ1) is 12.5. The standard InChI is InChI=1S/C20H22ClN3O2/c1-13-7-8-14-5-3-4-6-18(14)24(13)19(25)12-23-15-9-10-16(17(21)11-15)20(26)22-2/h3-6,9-11,13,23H,7-8,12H2,1-2H3,(H,22,26)/t13-/m1/s1. The molecule has 2 N–H and O–H groups in total. The molecule has 0 unspecified atom stereocenters. The zero-order valence-electron chi connectivity index (χ0n) is 14.9. The van der Waals surface area contributed by atoms with Gasteiger partial charge in [0.25, 0.3) is 5.91 Å². The minimum atomic E-state index is -0.239. The van der Waals surface area contributed by atoms with Crippen molar-refractivity contribution < 1.29 is 9.59 Å². The van der Waals surface area contributed by atoms with Crippen molar-refractivity contribution in [3.63, 3.8) is 0 Å². The van der Waals surface area contributed by atoms with Crippen LogP contribution in [0.3, 0.4) is 0 Å². The lowest BCUT2D eigenvalue weighted by atomic mass is 9.96. The largest absolute Gasteiger partial charge is 0.376 e. The predicted octanol–water partition coefficient (Wildman–Crippen LogP) is 3.48. The molecule has 1 aliphatic heterocycles.